The van der Waals surface area contributed by atoms with Crippen molar-refractivity contribution in [2.24, 2.45) is 0 Å². The smallest absolute Gasteiger partial charge is 0.244 e. The van der Waals surface area contributed by atoms with Crippen molar-refractivity contribution in [3.05, 3.63) is 62.8 Å². The minimum Gasteiger partial charge on any atom is -0.344 e. The lowest BCUT2D eigenvalue weighted by molar-refractivity contribution is -0.117. The Hall–Kier alpha value is -1.43. The van der Waals surface area contributed by atoms with Crippen molar-refractivity contribution in [2.75, 3.05) is 20.6 Å². The third-order valence-corrected chi connectivity index (χ3v) is 4.65. The van der Waals surface area contributed by atoms with E-state index in [1.54, 1.807) is 17.4 Å². The molecule has 0 radical (unpaired) electrons. The quantitative estimate of drug-likeness (QED) is 0.771. The van der Waals surface area contributed by atoms with Gasteiger partial charge in [0, 0.05) is 17.5 Å². The van der Waals surface area contributed by atoms with Gasteiger partial charge in [0.1, 0.15) is 0 Å². The van der Waals surface area contributed by atoms with Gasteiger partial charge in [0.15, 0.2) is 0 Å². The van der Waals surface area contributed by atoms with Crippen LogP contribution in [0.5, 0.6) is 0 Å². The second-order valence-electron chi connectivity index (χ2n) is 5.21. The van der Waals surface area contributed by atoms with E-state index in [1.807, 2.05) is 62.6 Å². The molecule has 1 atom stereocenters. The summed E-state index contributed by atoms with van der Waals surface area (Å²) in [4.78, 5) is 15.3. The molecule has 1 aromatic heterocycles. The molecule has 0 aliphatic heterocycles. The summed E-state index contributed by atoms with van der Waals surface area (Å²) in [6.45, 7) is 0.758. The lowest BCUT2D eigenvalue weighted by atomic mass is 10.1. The Bertz CT molecular complexity index is 637. The third-order valence-electron chi connectivity index (χ3n) is 3.06. The van der Waals surface area contributed by atoms with Crippen LogP contribution in [0.15, 0.2) is 52.3 Å². The van der Waals surface area contributed by atoms with Gasteiger partial charge in [0.05, 0.1) is 9.83 Å². The zero-order valence-corrected chi connectivity index (χ0v) is 15.0. The summed E-state index contributed by atoms with van der Waals surface area (Å²) >= 11 is 5.01. The predicted molar refractivity (Wildman–Crippen MR) is 96.9 cm³/mol. The number of halogens is 1. The molecule has 0 aliphatic carbocycles. The molecule has 1 aromatic carbocycles. The molecule has 1 N–H and O–H groups in total. The number of amides is 1. The highest BCUT2D eigenvalue weighted by Crippen LogP contribution is 2.23. The van der Waals surface area contributed by atoms with Crippen LogP contribution in [0.25, 0.3) is 6.08 Å². The summed E-state index contributed by atoms with van der Waals surface area (Å²) in [6.07, 6.45) is 3.42. The number of thiophene rings is 1. The van der Waals surface area contributed by atoms with Gasteiger partial charge in [-0.2, -0.15) is 0 Å². The van der Waals surface area contributed by atoms with Crippen LogP contribution in [0.4, 0.5) is 0 Å². The van der Waals surface area contributed by atoms with E-state index in [4.69, 9.17) is 0 Å². The van der Waals surface area contributed by atoms with Crippen molar-refractivity contribution in [2.45, 2.75) is 6.04 Å². The van der Waals surface area contributed by atoms with Crippen LogP contribution < -0.4 is 5.32 Å². The first-order valence-electron chi connectivity index (χ1n) is 6.98. The van der Waals surface area contributed by atoms with Crippen LogP contribution in [-0.2, 0) is 4.79 Å². The summed E-state index contributed by atoms with van der Waals surface area (Å²) in [6, 6.07) is 14.0. The van der Waals surface area contributed by atoms with E-state index in [-0.39, 0.29) is 11.9 Å². The predicted octanol–water partition coefficient (Wildman–Crippen LogP) is 3.94. The molecule has 1 heterocycles. The van der Waals surface area contributed by atoms with Crippen LogP contribution >= 0.6 is 27.3 Å². The number of hydrogen-bond donors (Lipinski definition) is 1. The maximum Gasteiger partial charge on any atom is 0.244 e. The zero-order valence-electron chi connectivity index (χ0n) is 12.6. The van der Waals surface area contributed by atoms with E-state index in [2.05, 4.69) is 26.1 Å². The summed E-state index contributed by atoms with van der Waals surface area (Å²) < 4.78 is 1.06. The highest BCUT2D eigenvalue weighted by atomic mass is 79.9. The molecular weight excluding hydrogens is 360 g/mol. The first kappa shape index (κ1) is 16.9. The van der Waals surface area contributed by atoms with Crippen LogP contribution in [0, 0.1) is 0 Å². The average Bonchev–Trinajstić information content (AvgIpc) is 2.91. The summed E-state index contributed by atoms with van der Waals surface area (Å²) in [5.41, 5.74) is 1.11. The van der Waals surface area contributed by atoms with Gasteiger partial charge in [0.25, 0.3) is 0 Å². The van der Waals surface area contributed by atoms with Crippen LogP contribution in [0.1, 0.15) is 16.5 Å². The fourth-order valence-corrected chi connectivity index (χ4v) is 3.41. The minimum absolute atomic E-state index is 0.0246. The number of hydrogen-bond acceptors (Lipinski definition) is 3. The maximum absolute atomic E-state index is 12.2. The fraction of sp³-hybridized carbons (Fsp3) is 0.235. The monoisotopic (exact) mass is 378 g/mol. The Kier molecular flexibility index (Phi) is 6.36. The van der Waals surface area contributed by atoms with Gasteiger partial charge < -0.3 is 10.2 Å². The average molecular weight is 379 g/mol. The van der Waals surface area contributed by atoms with E-state index in [0.29, 0.717) is 0 Å². The minimum atomic E-state index is -0.0831. The molecule has 22 heavy (non-hydrogen) atoms. The van der Waals surface area contributed by atoms with Crippen molar-refractivity contribution in [3.8, 4) is 0 Å². The summed E-state index contributed by atoms with van der Waals surface area (Å²) in [5.74, 6) is -0.0831. The molecule has 0 fully saturated rings. The topological polar surface area (TPSA) is 32.3 Å². The van der Waals surface area contributed by atoms with Gasteiger partial charge in [-0.1, -0.05) is 30.3 Å². The molecule has 0 aliphatic rings. The van der Waals surface area contributed by atoms with E-state index in [9.17, 15) is 4.79 Å². The first-order chi connectivity index (χ1) is 10.5. The highest BCUT2D eigenvalue weighted by molar-refractivity contribution is 9.11. The lowest BCUT2D eigenvalue weighted by Crippen LogP contribution is -2.34. The number of benzene rings is 1. The van der Waals surface area contributed by atoms with E-state index in [0.717, 1.165) is 20.8 Å². The maximum atomic E-state index is 12.2. The number of carbonyl (C=O) groups is 1. The van der Waals surface area contributed by atoms with Crippen molar-refractivity contribution < 1.29 is 4.79 Å². The molecule has 1 unspecified atom stereocenters. The molecule has 116 valence electrons. The van der Waals surface area contributed by atoms with E-state index in [1.165, 1.54) is 0 Å². The fourth-order valence-electron chi connectivity index (χ4n) is 2.08. The molecule has 0 spiro atoms. The molecule has 2 rings (SSSR count). The number of carbonyl (C=O) groups excluding carboxylic acids is 1. The Balaban J connectivity index is 2.03. The van der Waals surface area contributed by atoms with Crippen molar-refractivity contribution in [3.63, 3.8) is 0 Å². The molecule has 0 saturated heterocycles. The lowest BCUT2D eigenvalue weighted by Gasteiger charge is -2.22. The molecule has 5 heteroatoms. The summed E-state index contributed by atoms with van der Waals surface area (Å²) in [7, 11) is 4.00. The van der Waals surface area contributed by atoms with Gasteiger partial charge in [-0.15, -0.1) is 11.3 Å². The van der Waals surface area contributed by atoms with Gasteiger partial charge in [-0.05, 0) is 53.8 Å². The Morgan fingerprint density at radius 2 is 2.00 bits per heavy atom. The van der Waals surface area contributed by atoms with Crippen LogP contribution in [0.2, 0.25) is 0 Å². The molecule has 1 amide bonds. The third kappa shape index (κ3) is 5.40. The first-order valence-corrected chi connectivity index (χ1v) is 8.59. The van der Waals surface area contributed by atoms with Gasteiger partial charge in [0.2, 0.25) is 5.91 Å². The Labute approximate surface area is 143 Å². The van der Waals surface area contributed by atoms with Gasteiger partial charge in [-0.3, -0.25) is 4.79 Å². The largest absolute Gasteiger partial charge is 0.344 e. The van der Waals surface area contributed by atoms with E-state index < -0.39 is 0 Å². The molecule has 3 nitrogen and oxygen atoms in total. The van der Waals surface area contributed by atoms with Crippen LogP contribution in [-0.4, -0.2) is 31.4 Å². The van der Waals surface area contributed by atoms with Crippen molar-refractivity contribution in [1.82, 2.24) is 10.2 Å². The van der Waals surface area contributed by atoms with Gasteiger partial charge >= 0.3 is 0 Å². The zero-order chi connectivity index (χ0) is 15.9. The Morgan fingerprint density at radius 1 is 1.27 bits per heavy atom. The highest BCUT2D eigenvalue weighted by Gasteiger charge is 2.13. The normalized spacial score (nSPS) is 12.7. The molecule has 2 aromatic rings. The number of likely N-dealkylation sites (N-methyl/N-ethyl adjacent to an activating group) is 1. The molecular formula is C17H19BrN2OS. The van der Waals surface area contributed by atoms with E-state index >= 15 is 0 Å². The van der Waals surface area contributed by atoms with Crippen molar-refractivity contribution >= 4 is 39.2 Å². The second kappa shape index (κ2) is 8.27. The second-order valence-corrected chi connectivity index (χ2v) is 7.70. The standard InChI is InChI=1S/C17H19BrN2OS/c1-20(2)12-15(13-6-4-3-5-7-13)19-17(21)11-9-14-8-10-16(18)22-14/h3-11,15H,12H2,1-2H3,(H,19,21). The van der Waals surface area contributed by atoms with Crippen LogP contribution in [0.3, 0.4) is 0 Å². The van der Waals surface area contributed by atoms with Crippen molar-refractivity contribution in [1.29, 1.82) is 0 Å². The van der Waals surface area contributed by atoms with Gasteiger partial charge in [-0.25, -0.2) is 0 Å². The molecule has 0 saturated carbocycles. The number of nitrogens with zero attached hydrogens (tertiary/aromatic N) is 1. The SMILES string of the molecule is CN(C)CC(NC(=O)C=Cc1ccc(Br)s1)c1ccccc1. The molecule has 0 bridgehead atoms. The number of nitrogens with one attached hydrogen (secondary N) is 1. The number of rotatable bonds is 6. The summed E-state index contributed by atoms with van der Waals surface area (Å²) in [5, 5.41) is 3.07. The Morgan fingerprint density at radius 3 is 2.59 bits per heavy atom.